The Balaban J connectivity index is 1.73. The maximum absolute atomic E-state index is 5.89. The van der Waals surface area contributed by atoms with Crippen LogP contribution in [0.25, 0.3) is 0 Å². The molecule has 0 radical (unpaired) electrons. The third-order valence-electron chi connectivity index (χ3n) is 4.23. The summed E-state index contributed by atoms with van der Waals surface area (Å²) in [4.78, 5) is 4.66. The van der Waals surface area contributed by atoms with Crippen LogP contribution in [0.1, 0.15) is 57.6 Å². The third kappa shape index (κ3) is 6.61. The lowest BCUT2D eigenvalue weighted by Gasteiger charge is -2.18. The Morgan fingerprint density at radius 2 is 2.00 bits per heavy atom. The van der Waals surface area contributed by atoms with E-state index in [-0.39, 0.29) is 6.04 Å². The van der Waals surface area contributed by atoms with Gasteiger partial charge >= 0.3 is 0 Å². The number of hydrogen-bond acceptors (Lipinski definition) is 2. The lowest BCUT2D eigenvalue weighted by Crippen LogP contribution is -2.38. The summed E-state index contributed by atoms with van der Waals surface area (Å²) in [5, 5.41) is 6.78. The molecule has 1 atom stereocenters. The Bertz CT molecular complexity index is 455. The molecule has 4 nitrogen and oxygen atoms in total. The van der Waals surface area contributed by atoms with E-state index in [1.165, 1.54) is 31.2 Å². The maximum atomic E-state index is 5.89. The topological polar surface area (TPSA) is 45.7 Å². The number of hydrogen-bond donors (Lipinski definition) is 2. The molecule has 2 N–H and O–H groups in total. The standard InChI is InChI=1S/C19H31N3O/c1-3-20-19(22-16(2)17-10-5-4-6-11-17)21-14-9-15-23-18-12-7-8-13-18/h4-6,10-11,16,18H,3,7-9,12-15H2,1-2H3,(H2,20,21,22). The molecule has 0 heterocycles. The number of rotatable bonds is 8. The van der Waals surface area contributed by atoms with E-state index < -0.39 is 0 Å². The van der Waals surface area contributed by atoms with Crippen molar-refractivity contribution >= 4 is 5.96 Å². The van der Waals surface area contributed by atoms with Crippen molar-refractivity contribution in [3.63, 3.8) is 0 Å². The van der Waals surface area contributed by atoms with Crippen molar-refractivity contribution in [2.75, 3.05) is 19.7 Å². The second kappa shape index (κ2) is 10.3. The first-order chi connectivity index (χ1) is 11.3. The van der Waals surface area contributed by atoms with Crippen LogP contribution in [-0.4, -0.2) is 31.8 Å². The van der Waals surface area contributed by atoms with E-state index in [9.17, 15) is 0 Å². The van der Waals surface area contributed by atoms with Crippen LogP contribution in [0.15, 0.2) is 35.3 Å². The summed E-state index contributed by atoms with van der Waals surface area (Å²) in [7, 11) is 0. The Hall–Kier alpha value is -1.55. The molecule has 0 spiro atoms. The van der Waals surface area contributed by atoms with E-state index in [4.69, 9.17) is 4.74 Å². The van der Waals surface area contributed by atoms with Gasteiger partial charge in [-0.15, -0.1) is 0 Å². The van der Waals surface area contributed by atoms with Gasteiger partial charge in [0.2, 0.25) is 0 Å². The van der Waals surface area contributed by atoms with Gasteiger partial charge in [0.25, 0.3) is 0 Å². The molecule has 1 unspecified atom stereocenters. The van der Waals surface area contributed by atoms with Gasteiger partial charge in [-0.3, -0.25) is 4.99 Å². The summed E-state index contributed by atoms with van der Waals surface area (Å²) in [6, 6.07) is 10.7. The van der Waals surface area contributed by atoms with Crippen molar-refractivity contribution in [3.05, 3.63) is 35.9 Å². The van der Waals surface area contributed by atoms with Gasteiger partial charge in [0, 0.05) is 19.7 Å². The minimum atomic E-state index is 0.240. The van der Waals surface area contributed by atoms with Crippen LogP contribution in [0.4, 0.5) is 0 Å². The SMILES string of the molecule is CCNC(=NCCCOC1CCCC1)NC(C)c1ccccc1. The first-order valence-corrected chi connectivity index (χ1v) is 9.01. The van der Waals surface area contributed by atoms with E-state index >= 15 is 0 Å². The summed E-state index contributed by atoms with van der Waals surface area (Å²) in [6.45, 7) is 6.73. The lowest BCUT2D eigenvalue weighted by molar-refractivity contribution is 0.0579. The molecule has 0 aliphatic heterocycles. The Labute approximate surface area is 140 Å². The number of nitrogens with zero attached hydrogens (tertiary/aromatic N) is 1. The zero-order valence-electron chi connectivity index (χ0n) is 14.6. The van der Waals surface area contributed by atoms with Gasteiger partial charge in [0.15, 0.2) is 5.96 Å². The van der Waals surface area contributed by atoms with Crippen LogP contribution in [0.3, 0.4) is 0 Å². The summed E-state index contributed by atoms with van der Waals surface area (Å²) in [5.41, 5.74) is 1.27. The molecule has 1 aliphatic carbocycles. The molecule has 2 rings (SSSR count). The van der Waals surface area contributed by atoms with Crippen LogP contribution in [-0.2, 0) is 4.74 Å². The Morgan fingerprint density at radius 1 is 1.26 bits per heavy atom. The zero-order chi connectivity index (χ0) is 16.3. The summed E-state index contributed by atoms with van der Waals surface area (Å²) in [5.74, 6) is 0.879. The fourth-order valence-corrected chi connectivity index (χ4v) is 2.91. The van der Waals surface area contributed by atoms with Crippen LogP contribution < -0.4 is 10.6 Å². The van der Waals surface area contributed by atoms with E-state index in [1.807, 2.05) is 6.07 Å². The number of benzene rings is 1. The quantitative estimate of drug-likeness (QED) is 0.437. The van der Waals surface area contributed by atoms with Crippen LogP contribution in [0, 0.1) is 0 Å². The molecule has 1 saturated carbocycles. The van der Waals surface area contributed by atoms with Gasteiger partial charge in [-0.1, -0.05) is 43.2 Å². The lowest BCUT2D eigenvalue weighted by atomic mass is 10.1. The molecule has 0 bridgehead atoms. The van der Waals surface area contributed by atoms with Gasteiger partial charge in [-0.2, -0.15) is 0 Å². The molecule has 0 aromatic heterocycles. The minimum absolute atomic E-state index is 0.240. The molecular weight excluding hydrogens is 286 g/mol. The molecule has 0 saturated heterocycles. The van der Waals surface area contributed by atoms with E-state index in [2.05, 4.69) is 53.7 Å². The van der Waals surface area contributed by atoms with Gasteiger partial charge in [-0.05, 0) is 38.7 Å². The van der Waals surface area contributed by atoms with Gasteiger partial charge in [0.05, 0.1) is 12.1 Å². The van der Waals surface area contributed by atoms with Crippen molar-refractivity contribution in [2.45, 2.75) is 58.1 Å². The van der Waals surface area contributed by atoms with Crippen molar-refractivity contribution in [1.82, 2.24) is 10.6 Å². The van der Waals surface area contributed by atoms with Crippen molar-refractivity contribution in [1.29, 1.82) is 0 Å². The van der Waals surface area contributed by atoms with Gasteiger partial charge in [0.1, 0.15) is 0 Å². The van der Waals surface area contributed by atoms with Gasteiger partial charge < -0.3 is 15.4 Å². The highest BCUT2D eigenvalue weighted by molar-refractivity contribution is 5.80. The maximum Gasteiger partial charge on any atom is 0.191 e. The summed E-state index contributed by atoms with van der Waals surface area (Å²) >= 11 is 0. The molecule has 128 valence electrons. The highest BCUT2D eigenvalue weighted by atomic mass is 16.5. The number of guanidine groups is 1. The fraction of sp³-hybridized carbons (Fsp3) is 0.632. The van der Waals surface area contributed by atoms with Crippen molar-refractivity contribution in [2.24, 2.45) is 4.99 Å². The monoisotopic (exact) mass is 317 g/mol. The normalized spacial score (nSPS) is 17.2. The molecule has 1 aliphatic rings. The first kappa shape index (κ1) is 17.8. The highest BCUT2D eigenvalue weighted by Crippen LogP contribution is 2.20. The van der Waals surface area contributed by atoms with E-state index in [0.29, 0.717) is 6.10 Å². The number of aliphatic imine (C=N–C) groups is 1. The number of nitrogens with one attached hydrogen (secondary N) is 2. The van der Waals surface area contributed by atoms with E-state index in [1.54, 1.807) is 0 Å². The average molecular weight is 317 g/mol. The summed E-state index contributed by atoms with van der Waals surface area (Å²) in [6.07, 6.45) is 6.61. The largest absolute Gasteiger partial charge is 0.378 e. The first-order valence-electron chi connectivity index (χ1n) is 9.01. The zero-order valence-corrected chi connectivity index (χ0v) is 14.6. The number of ether oxygens (including phenoxy) is 1. The molecule has 0 amide bonds. The predicted octanol–water partition coefficient (Wildman–Crippen LogP) is 3.65. The highest BCUT2D eigenvalue weighted by Gasteiger charge is 2.14. The molecule has 4 heteroatoms. The predicted molar refractivity (Wildman–Crippen MR) is 96.8 cm³/mol. The second-order valence-electron chi connectivity index (χ2n) is 6.17. The Morgan fingerprint density at radius 3 is 2.70 bits per heavy atom. The van der Waals surface area contributed by atoms with Crippen LogP contribution >= 0.6 is 0 Å². The van der Waals surface area contributed by atoms with Crippen LogP contribution in [0.2, 0.25) is 0 Å². The molecule has 1 aromatic rings. The summed E-state index contributed by atoms with van der Waals surface area (Å²) < 4.78 is 5.89. The molecule has 1 fully saturated rings. The van der Waals surface area contributed by atoms with Crippen molar-refractivity contribution < 1.29 is 4.74 Å². The third-order valence-corrected chi connectivity index (χ3v) is 4.23. The average Bonchev–Trinajstić information content (AvgIpc) is 3.09. The molecular formula is C19H31N3O. The molecule has 1 aromatic carbocycles. The van der Waals surface area contributed by atoms with Crippen molar-refractivity contribution in [3.8, 4) is 0 Å². The van der Waals surface area contributed by atoms with Gasteiger partial charge in [-0.25, -0.2) is 0 Å². The minimum Gasteiger partial charge on any atom is -0.378 e. The fourth-order valence-electron chi connectivity index (χ4n) is 2.91. The molecule has 23 heavy (non-hydrogen) atoms. The van der Waals surface area contributed by atoms with E-state index in [0.717, 1.165) is 32.1 Å². The Kier molecular flexibility index (Phi) is 7.95. The smallest absolute Gasteiger partial charge is 0.191 e. The van der Waals surface area contributed by atoms with Crippen LogP contribution in [0.5, 0.6) is 0 Å². The second-order valence-corrected chi connectivity index (χ2v) is 6.17.